The maximum Gasteiger partial charge on any atom is 0.202 e. The third-order valence-corrected chi connectivity index (χ3v) is 3.87. The van der Waals surface area contributed by atoms with Gasteiger partial charge in [-0.2, -0.15) is 4.37 Å². The van der Waals surface area contributed by atoms with Crippen molar-refractivity contribution in [3.63, 3.8) is 0 Å². The van der Waals surface area contributed by atoms with Crippen LogP contribution in [0.5, 0.6) is 0 Å². The first-order valence-electron chi connectivity index (χ1n) is 5.46. The lowest BCUT2D eigenvalue weighted by Gasteiger charge is -1.99. The zero-order chi connectivity index (χ0) is 11.9. The van der Waals surface area contributed by atoms with Crippen LogP contribution < -0.4 is 5.32 Å². The van der Waals surface area contributed by atoms with Gasteiger partial charge in [-0.15, -0.1) is 11.3 Å². The molecule has 0 aliphatic rings. The summed E-state index contributed by atoms with van der Waals surface area (Å²) in [6.45, 7) is 1.57. The van der Waals surface area contributed by atoms with E-state index < -0.39 is 0 Å². The molecule has 0 bridgehead atoms. The zero-order valence-corrected chi connectivity index (χ0v) is 11.3. The molecule has 0 radical (unpaired) electrons. The molecular weight excluding hydrogens is 254 g/mol. The van der Waals surface area contributed by atoms with E-state index in [1.165, 1.54) is 16.4 Å². The van der Waals surface area contributed by atoms with E-state index in [1.54, 1.807) is 18.4 Å². The van der Waals surface area contributed by atoms with Gasteiger partial charge in [0.05, 0.1) is 6.61 Å². The second-order valence-corrected chi connectivity index (χ2v) is 5.30. The molecule has 2 rings (SSSR count). The van der Waals surface area contributed by atoms with Gasteiger partial charge in [-0.1, -0.05) is 6.07 Å². The lowest BCUT2D eigenvalue weighted by Crippen LogP contribution is -2.04. The highest BCUT2D eigenvalue weighted by molar-refractivity contribution is 7.10. The van der Waals surface area contributed by atoms with Crippen molar-refractivity contribution in [1.29, 1.82) is 0 Å². The fourth-order valence-corrected chi connectivity index (χ4v) is 2.71. The van der Waals surface area contributed by atoms with Crippen LogP contribution in [0.1, 0.15) is 10.7 Å². The van der Waals surface area contributed by atoms with Crippen molar-refractivity contribution in [2.45, 2.75) is 12.8 Å². The Morgan fingerprint density at radius 3 is 3.12 bits per heavy atom. The molecular formula is C11H15N3OS2. The number of thiophene rings is 1. The van der Waals surface area contributed by atoms with Crippen LogP contribution in [0.4, 0.5) is 5.13 Å². The third kappa shape index (κ3) is 4.07. The predicted molar refractivity (Wildman–Crippen MR) is 72.0 cm³/mol. The number of methoxy groups -OCH3 is 1. The second kappa shape index (κ2) is 6.68. The number of hydrogen-bond acceptors (Lipinski definition) is 6. The monoisotopic (exact) mass is 269 g/mol. The number of nitrogens with one attached hydrogen (secondary N) is 1. The van der Waals surface area contributed by atoms with Crippen molar-refractivity contribution < 1.29 is 4.74 Å². The van der Waals surface area contributed by atoms with Gasteiger partial charge >= 0.3 is 0 Å². The molecule has 0 atom stereocenters. The molecule has 0 spiro atoms. The highest BCUT2D eigenvalue weighted by Gasteiger charge is 2.03. The summed E-state index contributed by atoms with van der Waals surface area (Å²) < 4.78 is 9.25. The van der Waals surface area contributed by atoms with Crippen LogP contribution in [-0.2, 0) is 17.6 Å². The van der Waals surface area contributed by atoms with Gasteiger partial charge in [0.25, 0.3) is 0 Å². The summed E-state index contributed by atoms with van der Waals surface area (Å²) in [5, 5.41) is 6.29. The highest BCUT2D eigenvalue weighted by Crippen LogP contribution is 2.13. The summed E-state index contributed by atoms with van der Waals surface area (Å²) in [5.41, 5.74) is 0. The van der Waals surface area contributed by atoms with Crippen LogP contribution in [0, 0.1) is 0 Å². The average Bonchev–Trinajstić information content (AvgIpc) is 2.98. The van der Waals surface area contributed by atoms with Gasteiger partial charge in [0.1, 0.15) is 5.82 Å². The number of ether oxygens (including phenoxy) is 1. The minimum absolute atomic E-state index is 0.672. The van der Waals surface area contributed by atoms with E-state index in [0.29, 0.717) is 6.61 Å². The first-order chi connectivity index (χ1) is 8.38. The number of hydrogen-bond donors (Lipinski definition) is 1. The van der Waals surface area contributed by atoms with Crippen LogP contribution in [0.2, 0.25) is 0 Å². The molecule has 2 heterocycles. The van der Waals surface area contributed by atoms with Gasteiger partial charge in [-0.05, 0) is 17.9 Å². The van der Waals surface area contributed by atoms with Gasteiger partial charge in [0.2, 0.25) is 5.13 Å². The normalized spacial score (nSPS) is 10.6. The van der Waals surface area contributed by atoms with Gasteiger partial charge < -0.3 is 10.1 Å². The SMILES string of the molecule is COCCc1nsc(NCCc2cccs2)n1. The van der Waals surface area contributed by atoms with Crippen molar-refractivity contribution in [2.75, 3.05) is 25.6 Å². The fraction of sp³-hybridized carbons (Fsp3) is 0.455. The second-order valence-electron chi connectivity index (χ2n) is 3.51. The third-order valence-electron chi connectivity index (χ3n) is 2.23. The largest absolute Gasteiger partial charge is 0.384 e. The molecule has 0 saturated heterocycles. The maximum absolute atomic E-state index is 4.99. The molecule has 4 nitrogen and oxygen atoms in total. The predicted octanol–water partition coefficient (Wildman–Crippen LogP) is 2.44. The number of aromatic nitrogens is 2. The Hall–Kier alpha value is -0.980. The Bertz CT molecular complexity index is 428. The molecule has 0 aromatic carbocycles. The summed E-state index contributed by atoms with van der Waals surface area (Å²) in [4.78, 5) is 5.78. The van der Waals surface area contributed by atoms with Crippen molar-refractivity contribution in [2.24, 2.45) is 0 Å². The lowest BCUT2D eigenvalue weighted by molar-refractivity contribution is 0.201. The van der Waals surface area contributed by atoms with Crippen molar-refractivity contribution in [3.05, 3.63) is 28.2 Å². The fourth-order valence-electron chi connectivity index (χ4n) is 1.37. The molecule has 0 unspecified atom stereocenters. The zero-order valence-electron chi connectivity index (χ0n) is 9.68. The van der Waals surface area contributed by atoms with E-state index in [0.717, 1.165) is 30.3 Å². The number of nitrogens with zero attached hydrogens (tertiary/aromatic N) is 2. The molecule has 1 N–H and O–H groups in total. The summed E-state index contributed by atoms with van der Waals surface area (Å²) in [5.74, 6) is 0.857. The molecule has 0 saturated carbocycles. The van der Waals surface area contributed by atoms with E-state index >= 15 is 0 Å². The first-order valence-corrected chi connectivity index (χ1v) is 7.11. The summed E-state index contributed by atoms with van der Waals surface area (Å²) in [6, 6.07) is 4.23. The molecule has 0 aliphatic carbocycles. The molecule has 92 valence electrons. The Morgan fingerprint density at radius 1 is 1.41 bits per heavy atom. The topological polar surface area (TPSA) is 47.0 Å². The molecule has 0 fully saturated rings. The number of rotatable bonds is 7. The lowest BCUT2D eigenvalue weighted by atomic mass is 10.3. The highest BCUT2D eigenvalue weighted by atomic mass is 32.1. The summed E-state index contributed by atoms with van der Waals surface area (Å²) >= 11 is 3.20. The maximum atomic E-state index is 4.99. The Labute approximate surface area is 109 Å². The van der Waals surface area contributed by atoms with E-state index in [2.05, 4.69) is 32.2 Å². The Kier molecular flexibility index (Phi) is 4.90. The quantitative estimate of drug-likeness (QED) is 0.838. The van der Waals surface area contributed by atoms with E-state index in [1.807, 2.05) is 0 Å². The molecule has 6 heteroatoms. The summed E-state index contributed by atoms with van der Waals surface area (Å²) in [7, 11) is 1.69. The smallest absolute Gasteiger partial charge is 0.202 e. The van der Waals surface area contributed by atoms with Crippen LogP contribution in [0.3, 0.4) is 0 Å². The van der Waals surface area contributed by atoms with E-state index in [-0.39, 0.29) is 0 Å². The first kappa shape index (κ1) is 12.5. The van der Waals surface area contributed by atoms with Gasteiger partial charge in [0.15, 0.2) is 0 Å². The van der Waals surface area contributed by atoms with Gasteiger partial charge in [-0.25, -0.2) is 4.98 Å². The molecule has 0 amide bonds. The van der Waals surface area contributed by atoms with Crippen molar-refractivity contribution >= 4 is 28.0 Å². The standard InChI is InChI=1S/C11H15N3OS2/c1-15-7-5-10-13-11(17-14-10)12-6-4-9-3-2-8-16-9/h2-3,8H,4-7H2,1H3,(H,12,13,14). The Balaban J connectivity index is 1.73. The van der Waals surface area contributed by atoms with Crippen LogP contribution in [0.25, 0.3) is 0 Å². The van der Waals surface area contributed by atoms with Gasteiger partial charge in [0, 0.05) is 36.5 Å². The minimum Gasteiger partial charge on any atom is -0.384 e. The van der Waals surface area contributed by atoms with Crippen molar-refractivity contribution in [3.8, 4) is 0 Å². The van der Waals surface area contributed by atoms with E-state index in [9.17, 15) is 0 Å². The summed E-state index contributed by atoms with van der Waals surface area (Å²) in [6.07, 6.45) is 1.81. The Morgan fingerprint density at radius 2 is 2.35 bits per heavy atom. The van der Waals surface area contributed by atoms with Gasteiger partial charge in [-0.3, -0.25) is 0 Å². The van der Waals surface area contributed by atoms with Crippen LogP contribution in [-0.4, -0.2) is 29.6 Å². The van der Waals surface area contributed by atoms with Crippen LogP contribution in [0.15, 0.2) is 17.5 Å². The van der Waals surface area contributed by atoms with E-state index in [4.69, 9.17) is 4.74 Å². The molecule has 2 aromatic rings. The van der Waals surface area contributed by atoms with Crippen LogP contribution >= 0.6 is 22.9 Å². The molecule has 17 heavy (non-hydrogen) atoms. The minimum atomic E-state index is 0.672. The molecule has 2 aromatic heterocycles. The average molecular weight is 269 g/mol. The number of anilines is 1. The van der Waals surface area contributed by atoms with Crippen molar-refractivity contribution in [1.82, 2.24) is 9.36 Å². The molecule has 0 aliphatic heterocycles.